The van der Waals surface area contributed by atoms with E-state index in [9.17, 15) is 5.11 Å². The highest BCUT2D eigenvalue weighted by atomic mass is 35.5. The summed E-state index contributed by atoms with van der Waals surface area (Å²) in [4.78, 5) is 2.36. The van der Waals surface area contributed by atoms with Crippen molar-refractivity contribution in [2.75, 3.05) is 19.6 Å². The Morgan fingerprint density at radius 2 is 1.81 bits per heavy atom. The summed E-state index contributed by atoms with van der Waals surface area (Å²) in [6, 6.07) is 7.66. The molecule has 3 fully saturated rings. The van der Waals surface area contributed by atoms with Crippen LogP contribution >= 0.6 is 11.6 Å². The van der Waals surface area contributed by atoms with Gasteiger partial charge < -0.3 is 10.0 Å². The molecule has 3 saturated heterocycles. The molecule has 0 amide bonds. The lowest BCUT2D eigenvalue weighted by atomic mass is 9.72. The second-order valence-corrected chi connectivity index (χ2v) is 5.42. The number of rotatable bonds is 1. The van der Waals surface area contributed by atoms with Gasteiger partial charge in [0.15, 0.2) is 0 Å². The molecule has 0 unspecified atom stereocenters. The first kappa shape index (κ1) is 10.6. The van der Waals surface area contributed by atoms with Crippen molar-refractivity contribution in [1.29, 1.82) is 0 Å². The van der Waals surface area contributed by atoms with E-state index < -0.39 is 5.60 Å². The van der Waals surface area contributed by atoms with Gasteiger partial charge in [-0.2, -0.15) is 0 Å². The highest BCUT2D eigenvalue weighted by molar-refractivity contribution is 6.30. The highest BCUT2D eigenvalue weighted by Crippen LogP contribution is 2.42. The summed E-state index contributed by atoms with van der Waals surface area (Å²) in [5.74, 6) is 0.415. The van der Waals surface area contributed by atoms with Crippen LogP contribution in [0.15, 0.2) is 24.3 Å². The van der Waals surface area contributed by atoms with Crippen LogP contribution in [0.3, 0.4) is 0 Å². The number of piperidine rings is 3. The van der Waals surface area contributed by atoms with Crippen molar-refractivity contribution in [2.45, 2.75) is 18.4 Å². The number of aliphatic hydroxyl groups is 1. The molecule has 1 aromatic rings. The maximum atomic E-state index is 10.8. The van der Waals surface area contributed by atoms with Crippen LogP contribution in [0.5, 0.6) is 0 Å². The van der Waals surface area contributed by atoms with Gasteiger partial charge >= 0.3 is 0 Å². The van der Waals surface area contributed by atoms with E-state index in [1.807, 2.05) is 24.3 Å². The molecule has 0 aromatic heterocycles. The van der Waals surface area contributed by atoms with Gasteiger partial charge in [-0.25, -0.2) is 0 Å². The molecule has 1 atom stereocenters. The molecule has 4 rings (SSSR count). The fourth-order valence-corrected chi connectivity index (χ4v) is 3.23. The van der Waals surface area contributed by atoms with Crippen molar-refractivity contribution in [3.8, 4) is 0 Å². The van der Waals surface area contributed by atoms with E-state index in [1.165, 1.54) is 0 Å². The van der Waals surface area contributed by atoms with Crippen LogP contribution in [0.2, 0.25) is 5.02 Å². The largest absolute Gasteiger partial charge is 0.384 e. The quantitative estimate of drug-likeness (QED) is 0.810. The van der Waals surface area contributed by atoms with Crippen molar-refractivity contribution >= 4 is 11.6 Å². The molecule has 86 valence electrons. The Bertz CT molecular complexity index is 383. The Morgan fingerprint density at radius 1 is 1.19 bits per heavy atom. The van der Waals surface area contributed by atoms with E-state index in [2.05, 4.69) is 4.90 Å². The molecule has 1 N–H and O–H groups in total. The zero-order valence-electron chi connectivity index (χ0n) is 9.19. The van der Waals surface area contributed by atoms with E-state index in [0.717, 1.165) is 43.1 Å². The smallest absolute Gasteiger partial charge is 0.105 e. The first-order valence-electron chi connectivity index (χ1n) is 5.89. The summed E-state index contributed by atoms with van der Waals surface area (Å²) in [5.41, 5.74) is 0.368. The lowest BCUT2D eigenvalue weighted by molar-refractivity contribution is -0.117. The number of halogens is 1. The topological polar surface area (TPSA) is 23.5 Å². The molecule has 3 aliphatic rings. The van der Waals surface area contributed by atoms with E-state index in [0.29, 0.717) is 5.92 Å². The van der Waals surface area contributed by atoms with Crippen LogP contribution in [0.1, 0.15) is 18.4 Å². The predicted octanol–water partition coefficient (Wildman–Crippen LogP) is 2.25. The highest BCUT2D eigenvalue weighted by Gasteiger charge is 2.46. The molecule has 2 nitrogen and oxygen atoms in total. The summed E-state index contributed by atoms with van der Waals surface area (Å²) < 4.78 is 0. The molecule has 2 bridgehead atoms. The monoisotopic (exact) mass is 237 g/mol. The predicted molar refractivity (Wildman–Crippen MR) is 64.5 cm³/mol. The van der Waals surface area contributed by atoms with E-state index in [4.69, 9.17) is 11.6 Å². The molecule has 1 aromatic carbocycles. The number of hydrogen-bond acceptors (Lipinski definition) is 2. The Kier molecular flexibility index (Phi) is 2.46. The third-order valence-corrected chi connectivity index (χ3v) is 4.32. The average Bonchev–Trinajstić information content (AvgIpc) is 2.31. The van der Waals surface area contributed by atoms with Crippen LogP contribution in [0.4, 0.5) is 0 Å². The summed E-state index contributed by atoms with van der Waals surface area (Å²) in [7, 11) is 0. The maximum absolute atomic E-state index is 10.8. The van der Waals surface area contributed by atoms with Gasteiger partial charge in [-0.15, -0.1) is 0 Å². The van der Waals surface area contributed by atoms with Gasteiger partial charge in [-0.1, -0.05) is 23.7 Å². The van der Waals surface area contributed by atoms with Crippen LogP contribution < -0.4 is 0 Å². The molecule has 0 saturated carbocycles. The standard InChI is InChI=1S/C13H16ClNO/c14-12-3-1-10(2-4-12)13(16)9-15-7-5-11(13)6-8-15/h1-4,11,16H,5-9H2/t13-/m0/s1. The van der Waals surface area contributed by atoms with Gasteiger partial charge in [0.25, 0.3) is 0 Å². The summed E-state index contributed by atoms with van der Waals surface area (Å²) >= 11 is 5.88. The minimum Gasteiger partial charge on any atom is -0.384 e. The Morgan fingerprint density at radius 3 is 2.31 bits per heavy atom. The van der Waals surface area contributed by atoms with Gasteiger partial charge in [0.1, 0.15) is 5.60 Å². The Hall–Kier alpha value is -0.570. The van der Waals surface area contributed by atoms with Crippen molar-refractivity contribution in [3.63, 3.8) is 0 Å². The minimum atomic E-state index is -0.652. The molecule has 3 heterocycles. The van der Waals surface area contributed by atoms with Crippen molar-refractivity contribution < 1.29 is 5.11 Å². The van der Waals surface area contributed by atoms with Crippen LogP contribution in [0.25, 0.3) is 0 Å². The normalized spacial score (nSPS) is 37.6. The summed E-state index contributed by atoms with van der Waals surface area (Å²) in [6.07, 6.45) is 2.22. The number of fused-ring (bicyclic) bond motifs is 3. The first-order valence-corrected chi connectivity index (χ1v) is 6.27. The van der Waals surface area contributed by atoms with Crippen LogP contribution in [-0.2, 0) is 5.60 Å². The van der Waals surface area contributed by atoms with E-state index in [-0.39, 0.29) is 0 Å². The van der Waals surface area contributed by atoms with Gasteiger partial charge in [0.05, 0.1) is 0 Å². The number of nitrogens with zero attached hydrogens (tertiary/aromatic N) is 1. The fourth-order valence-electron chi connectivity index (χ4n) is 3.10. The third-order valence-electron chi connectivity index (χ3n) is 4.07. The third kappa shape index (κ3) is 1.56. The molecule has 0 aliphatic carbocycles. The SMILES string of the molecule is O[C@]1(c2ccc(Cl)cc2)CN2CCC1CC2. The second kappa shape index (κ2) is 3.73. The average molecular weight is 238 g/mol. The molecule has 3 heteroatoms. The molecule has 0 spiro atoms. The van der Waals surface area contributed by atoms with Gasteiger partial charge in [-0.05, 0) is 49.5 Å². The lowest BCUT2D eigenvalue weighted by Crippen LogP contribution is -2.57. The molecular formula is C13H16ClNO. The summed E-state index contributed by atoms with van der Waals surface area (Å²) in [6.45, 7) is 3.06. The van der Waals surface area contributed by atoms with Crippen LogP contribution in [0, 0.1) is 5.92 Å². The van der Waals surface area contributed by atoms with E-state index in [1.54, 1.807) is 0 Å². The van der Waals surface area contributed by atoms with Gasteiger partial charge in [0.2, 0.25) is 0 Å². The Labute approximate surface area is 101 Å². The van der Waals surface area contributed by atoms with Crippen molar-refractivity contribution in [2.24, 2.45) is 5.92 Å². The van der Waals surface area contributed by atoms with Crippen LogP contribution in [-0.4, -0.2) is 29.6 Å². The zero-order chi connectivity index (χ0) is 11.2. The zero-order valence-corrected chi connectivity index (χ0v) is 9.95. The summed E-state index contributed by atoms with van der Waals surface area (Å²) in [5, 5.41) is 11.6. The fraction of sp³-hybridized carbons (Fsp3) is 0.538. The van der Waals surface area contributed by atoms with Gasteiger partial charge in [0, 0.05) is 11.6 Å². The molecular weight excluding hydrogens is 222 g/mol. The number of hydrogen-bond donors (Lipinski definition) is 1. The van der Waals surface area contributed by atoms with Crippen molar-refractivity contribution in [1.82, 2.24) is 4.90 Å². The van der Waals surface area contributed by atoms with Crippen molar-refractivity contribution in [3.05, 3.63) is 34.9 Å². The molecule has 0 radical (unpaired) electrons. The first-order chi connectivity index (χ1) is 7.68. The molecule has 16 heavy (non-hydrogen) atoms. The number of benzene rings is 1. The van der Waals surface area contributed by atoms with E-state index >= 15 is 0 Å². The lowest BCUT2D eigenvalue weighted by Gasteiger charge is -2.50. The van der Waals surface area contributed by atoms with Gasteiger partial charge in [-0.3, -0.25) is 0 Å². The minimum absolute atomic E-state index is 0.415. The maximum Gasteiger partial charge on any atom is 0.105 e. The second-order valence-electron chi connectivity index (χ2n) is 4.98. The Balaban J connectivity index is 1.95. The molecule has 3 aliphatic heterocycles.